The number of rotatable bonds is 2. The first-order valence-corrected chi connectivity index (χ1v) is 6.40. The average molecular weight is 403 g/mol. The summed E-state index contributed by atoms with van der Waals surface area (Å²) in [6.07, 6.45) is -3.90. The van der Waals surface area contributed by atoms with Gasteiger partial charge in [0.1, 0.15) is 5.82 Å². The van der Waals surface area contributed by atoms with Crippen LogP contribution < -0.4 is 5.73 Å². The van der Waals surface area contributed by atoms with Crippen molar-refractivity contribution in [2.75, 3.05) is 5.73 Å². The largest absolute Gasteiger partial charge is 0.383 e. The molecule has 0 amide bonds. The van der Waals surface area contributed by atoms with Crippen LogP contribution >= 0.6 is 31.9 Å². The molecule has 0 aliphatic rings. The van der Waals surface area contributed by atoms with Gasteiger partial charge >= 0.3 is 12.3 Å². The number of fused-ring (bicyclic) bond motifs is 1. The number of nitrogens with two attached hydrogens (primary N) is 1. The van der Waals surface area contributed by atoms with Gasteiger partial charge in [-0.05, 0) is 28.1 Å². The van der Waals surface area contributed by atoms with E-state index in [1.807, 2.05) is 0 Å². The smallest absolute Gasteiger partial charge is 0.365 e. The maximum Gasteiger partial charge on any atom is 0.365 e. The summed E-state index contributed by atoms with van der Waals surface area (Å²) < 4.78 is 52.1. The van der Waals surface area contributed by atoms with Gasteiger partial charge in [0, 0.05) is 14.3 Å². The molecule has 3 nitrogen and oxygen atoms in total. The lowest BCUT2D eigenvalue weighted by atomic mass is 10.2. The van der Waals surface area contributed by atoms with Crippen molar-refractivity contribution in [2.24, 2.45) is 0 Å². The summed E-state index contributed by atoms with van der Waals surface area (Å²) in [5, 5.41) is 0.287. The number of aromatic nitrogens is 2. The number of nitrogens with zero attached hydrogens (tertiary/aromatic N) is 2. The van der Waals surface area contributed by atoms with Crippen LogP contribution in [0.15, 0.2) is 21.1 Å². The molecule has 1 heterocycles. The molecule has 0 spiro atoms. The van der Waals surface area contributed by atoms with E-state index >= 15 is 0 Å². The highest BCUT2D eigenvalue weighted by Gasteiger charge is 2.46. The van der Waals surface area contributed by atoms with Crippen molar-refractivity contribution in [3.05, 3.63) is 26.9 Å². The Bertz CT molecular complexity index is 648. The van der Waals surface area contributed by atoms with Crippen molar-refractivity contribution in [3.8, 4) is 0 Å². The first kappa shape index (κ1) is 14.4. The van der Waals surface area contributed by atoms with Crippen LogP contribution in [0.25, 0.3) is 10.9 Å². The number of nitrogen functional groups attached to an aromatic ring is 1. The molecule has 0 unspecified atom stereocenters. The van der Waals surface area contributed by atoms with Crippen molar-refractivity contribution >= 4 is 48.6 Å². The van der Waals surface area contributed by atoms with Gasteiger partial charge in [0.05, 0.1) is 5.52 Å². The van der Waals surface area contributed by atoms with Crippen LogP contribution in [0.3, 0.4) is 0 Å². The predicted molar refractivity (Wildman–Crippen MR) is 69.2 cm³/mol. The predicted octanol–water partition coefficient (Wildman–Crippen LogP) is 4.09. The van der Waals surface area contributed by atoms with Gasteiger partial charge in [-0.1, -0.05) is 15.9 Å². The molecule has 2 aromatic rings. The summed E-state index contributed by atoms with van der Waals surface area (Å²) in [6.45, 7) is 0. The number of benzene rings is 1. The van der Waals surface area contributed by atoms with Crippen LogP contribution in [0.4, 0.5) is 23.4 Å². The third kappa shape index (κ3) is 2.53. The van der Waals surface area contributed by atoms with E-state index in [2.05, 4.69) is 41.8 Å². The molecule has 0 saturated heterocycles. The maximum absolute atomic E-state index is 13.2. The molecule has 0 fully saturated rings. The molecule has 0 atom stereocenters. The van der Waals surface area contributed by atoms with Crippen molar-refractivity contribution in [2.45, 2.75) is 12.3 Å². The molecule has 0 aliphatic heterocycles. The minimum atomic E-state index is -4.45. The molecule has 2 N–H and O–H groups in total. The second kappa shape index (κ2) is 4.86. The zero-order valence-corrected chi connectivity index (χ0v) is 12.1. The first-order valence-electron chi connectivity index (χ1n) is 4.82. The Hall–Kier alpha value is -0.960. The fraction of sp³-hybridized carbons (Fsp3) is 0.200. The highest BCUT2D eigenvalue weighted by atomic mass is 79.9. The standard InChI is InChI=1S/C10H5Br2F4N3/c11-3-1-4-6(5(12)2-3)18-9(19-7(4)17)10(15,16)8(13)14/h1-2,8H,(H2,17,18,19). The average Bonchev–Trinajstić information content (AvgIpc) is 2.29. The number of hydrogen-bond donors (Lipinski definition) is 1. The van der Waals surface area contributed by atoms with E-state index in [-0.39, 0.29) is 16.7 Å². The van der Waals surface area contributed by atoms with Gasteiger partial charge in [-0.15, -0.1) is 0 Å². The number of halogens is 6. The molecule has 0 aliphatic carbocycles. The van der Waals surface area contributed by atoms with Crippen molar-refractivity contribution in [1.29, 1.82) is 0 Å². The second-order valence-corrected chi connectivity index (χ2v) is 5.41. The van der Waals surface area contributed by atoms with Gasteiger partial charge in [0.2, 0.25) is 5.82 Å². The lowest BCUT2D eigenvalue weighted by Gasteiger charge is -2.15. The Labute approximate surface area is 121 Å². The molecular weight excluding hydrogens is 398 g/mol. The van der Waals surface area contributed by atoms with E-state index in [9.17, 15) is 17.6 Å². The lowest BCUT2D eigenvalue weighted by Crippen LogP contribution is -2.27. The zero-order valence-electron chi connectivity index (χ0n) is 8.97. The van der Waals surface area contributed by atoms with Crippen LogP contribution in [0, 0.1) is 0 Å². The van der Waals surface area contributed by atoms with Crippen molar-refractivity contribution in [3.63, 3.8) is 0 Å². The normalized spacial score (nSPS) is 12.4. The van der Waals surface area contributed by atoms with E-state index in [1.54, 1.807) is 6.07 Å². The van der Waals surface area contributed by atoms with Crippen LogP contribution in [-0.2, 0) is 5.92 Å². The van der Waals surface area contributed by atoms with Crippen molar-refractivity contribution in [1.82, 2.24) is 9.97 Å². The Morgan fingerprint density at radius 1 is 1.16 bits per heavy atom. The number of hydrogen-bond acceptors (Lipinski definition) is 3. The minimum absolute atomic E-state index is 0.0472. The fourth-order valence-corrected chi connectivity index (χ4v) is 2.74. The van der Waals surface area contributed by atoms with Gasteiger partial charge in [-0.2, -0.15) is 8.78 Å². The molecule has 102 valence electrons. The highest BCUT2D eigenvalue weighted by Crippen LogP contribution is 2.36. The van der Waals surface area contributed by atoms with E-state index in [1.165, 1.54) is 6.07 Å². The first-order chi connectivity index (χ1) is 8.73. The number of alkyl halides is 4. The maximum atomic E-state index is 13.2. The summed E-state index contributed by atoms with van der Waals surface area (Å²) in [5.74, 6) is -6.03. The third-order valence-electron chi connectivity index (χ3n) is 2.32. The zero-order chi connectivity index (χ0) is 14.4. The molecule has 0 bridgehead atoms. The number of anilines is 1. The Morgan fingerprint density at radius 3 is 2.37 bits per heavy atom. The summed E-state index contributed by atoms with van der Waals surface area (Å²) >= 11 is 6.30. The van der Waals surface area contributed by atoms with Gasteiger partial charge < -0.3 is 5.73 Å². The lowest BCUT2D eigenvalue weighted by molar-refractivity contribution is -0.140. The molecule has 0 radical (unpaired) electrons. The Balaban J connectivity index is 2.76. The van der Waals surface area contributed by atoms with E-state index in [0.29, 0.717) is 8.95 Å². The van der Waals surface area contributed by atoms with Crippen LogP contribution in [0.5, 0.6) is 0 Å². The van der Waals surface area contributed by atoms with Gasteiger partial charge in [0.25, 0.3) is 0 Å². The quantitative estimate of drug-likeness (QED) is 0.769. The summed E-state index contributed by atoms with van der Waals surface area (Å²) in [6, 6.07) is 3.05. The van der Waals surface area contributed by atoms with Gasteiger partial charge in [-0.3, -0.25) is 0 Å². The molecule has 2 rings (SSSR count). The SMILES string of the molecule is Nc1nc(C(F)(F)C(F)F)nc2c(Br)cc(Br)cc12. The Kier molecular flexibility index (Phi) is 3.69. The summed E-state index contributed by atoms with van der Waals surface area (Å²) in [4.78, 5) is 6.75. The van der Waals surface area contributed by atoms with Gasteiger partial charge in [0.15, 0.2) is 0 Å². The molecule has 1 aromatic heterocycles. The second-order valence-electron chi connectivity index (χ2n) is 3.64. The van der Waals surface area contributed by atoms with Crippen LogP contribution in [0.1, 0.15) is 5.82 Å². The minimum Gasteiger partial charge on any atom is -0.383 e. The third-order valence-corrected chi connectivity index (χ3v) is 3.38. The van der Waals surface area contributed by atoms with Crippen LogP contribution in [-0.4, -0.2) is 16.4 Å². The fourth-order valence-electron chi connectivity index (χ4n) is 1.43. The van der Waals surface area contributed by atoms with E-state index in [4.69, 9.17) is 5.73 Å². The van der Waals surface area contributed by atoms with E-state index in [0.717, 1.165) is 0 Å². The van der Waals surface area contributed by atoms with E-state index < -0.39 is 18.2 Å². The molecule has 0 saturated carbocycles. The summed E-state index contributed by atoms with van der Waals surface area (Å²) in [5.41, 5.74) is 5.57. The van der Waals surface area contributed by atoms with Gasteiger partial charge in [-0.25, -0.2) is 18.7 Å². The monoisotopic (exact) mass is 401 g/mol. The highest BCUT2D eigenvalue weighted by molar-refractivity contribution is 9.11. The summed E-state index contributed by atoms with van der Waals surface area (Å²) in [7, 11) is 0. The molecule has 1 aromatic carbocycles. The molecular formula is C10H5Br2F4N3. The topological polar surface area (TPSA) is 51.8 Å². The van der Waals surface area contributed by atoms with Crippen molar-refractivity contribution < 1.29 is 17.6 Å². The molecule has 19 heavy (non-hydrogen) atoms. The molecule has 9 heteroatoms. The van der Waals surface area contributed by atoms with Crippen LogP contribution in [0.2, 0.25) is 0 Å². The Morgan fingerprint density at radius 2 is 1.79 bits per heavy atom.